The van der Waals surface area contributed by atoms with E-state index in [1.54, 1.807) is 42.5 Å². The fourth-order valence-corrected chi connectivity index (χ4v) is 3.41. The van der Waals surface area contributed by atoms with Gasteiger partial charge in [0.1, 0.15) is 0 Å². The van der Waals surface area contributed by atoms with Crippen LogP contribution in [0.3, 0.4) is 0 Å². The van der Waals surface area contributed by atoms with Gasteiger partial charge in [-0.1, -0.05) is 12.1 Å². The van der Waals surface area contributed by atoms with E-state index in [4.69, 9.17) is 5.26 Å². The molecule has 2 nitrogen and oxygen atoms in total. The Kier molecular flexibility index (Phi) is 3.86. The quantitative estimate of drug-likeness (QED) is 0.933. The minimum atomic E-state index is -0.929. The Morgan fingerprint density at radius 1 is 1.33 bits per heavy atom. The maximum absolute atomic E-state index is 10.5. The second-order valence-electron chi connectivity index (χ2n) is 4.33. The van der Waals surface area contributed by atoms with Crippen LogP contribution < -0.4 is 0 Å². The number of thiophene rings is 1. The van der Waals surface area contributed by atoms with E-state index in [1.807, 2.05) is 11.4 Å². The van der Waals surface area contributed by atoms with Gasteiger partial charge in [0.15, 0.2) is 0 Å². The molecule has 1 unspecified atom stereocenters. The lowest BCUT2D eigenvalue weighted by Crippen LogP contribution is -2.23. The molecule has 1 atom stereocenters. The maximum atomic E-state index is 10.5. The number of hydrogen-bond acceptors (Lipinski definition) is 3. The third-order valence-electron chi connectivity index (χ3n) is 2.83. The Morgan fingerprint density at radius 2 is 2.00 bits per heavy atom. The van der Waals surface area contributed by atoms with Gasteiger partial charge in [-0.25, -0.2) is 0 Å². The van der Waals surface area contributed by atoms with Crippen LogP contribution in [-0.4, -0.2) is 5.11 Å². The SMILES string of the molecule is CC(O)(Cc1sccc1Br)c1ccc(C#N)cc1. The lowest BCUT2D eigenvalue weighted by atomic mass is 9.91. The van der Waals surface area contributed by atoms with Gasteiger partial charge < -0.3 is 5.11 Å². The summed E-state index contributed by atoms with van der Waals surface area (Å²) in [5, 5.41) is 21.3. The molecule has 0 radical (unpaired) electrons. The summed E-state index contributed by atoms with van der Waals surface area (Å²) >= 11 is 5.09. The Morgan fingerprint density at radius 3 is 2.50 bits per heavy atom. The van der Waals surface area contributed by atoms with E-state index in [9.17, 15) is 5.11 Å². The summed E-state index contributed by atoms with van der Waals surface area (Å²) < 4.78 is 1.03. The summed E-state index contributed by atoms with van der Waals surface area (Å²) in [6.07, 6.45) is 0.553. The summed E-state index contributed by atoms with van der Waals surface area (Å²) in [6.45, 7) is 1.79. The molecule has 1 heterocycles. The number of hydrogen-bond donors (Lipinski definition) is 1. The molecule has 0 spiro atoms. The van der Waals surface area contributed by atoms with Gasteiger partial charge in [0.2, 0.25) is 0 Å². The molecule has 0 saturated heterocycles. The fourth-order valence-electron chi connectivity index (χ4n) is 1.77. The molecular formula is C14H12BrNOS. The van der Waals surface area contributed by atoms with Crippen molar-refractivity contribution in [2.24, 2.45) is 0 Å². The van der Waals surface area contributed by atoms with Gasteiger partial charge >= 0.3 is 0 Å². The van der Waals surface area contributed by atoms with E-state index in [2.05, 4.69) is 22.0 Å². The minimum absolute atomic E-state index is 0.553. The number of aliphatic hydroxyl groups is 1. The van der Waals surface area contributed by atoms with Gasteiger partial charge in [-0.15, -0.1) is 11.3 Å². The molecular weight excluding hydrogens is 310 g/mol. The molecule has 0 amide bonds. The highest BCUT2D eigenvalue weighted by atomic mass is 79.9. The molecule has 1 N–H and O–H groups in total. The average molecular weight is 322 g/mol. The predicted octanol–water partition coefficient (Wildman–Crippen LogP) is 3.83. The molecule has 1 aromatic heterocycles. The largest absolute Gasteiger partial charge is 0.385 e. The molecule has 2 rings (SSSR count). The average Bonchev–Trinajstić information content (AvgIpc) is 2.74. The highest BCUT2D eigenvalue weighted by Crippen LogP contribution is 2.31. The topological polar surface area (TPSA) is 44.0 Å². The van der Waals surface area contributed by atoms with Crippen LogP contribution in [0.25, 0.3) is 0 Å². The minimum Gasteiger partial charge on any atom is -0.385 e. The van der Waals surface area contributed by atoms with Crippen molar-refractivity contribution in [2.75, 3.05) is 0 Å². The second-order valence-corrected chi connectivity index (χ2v) is 6.19. The molecule has 0 fully saturated rings. The molecule has 4 heteroatoms. The van der Waals surface area contributed by atoms with Crippen LogP contribution in [-0.2, 0) is 12.0 Å². The van der Waals surface area contributed by atoms with E-state index >= 15 is 0 Å². The molecule has 0 aliphatic heterocycles. The first-order valence-electron chi connectivity index (χ1n) is 5.48. The second kappa shape index (κ2) is 5.23. The number of halogens is 1. The van der Waals surface area contributed by atoms with Crippen LogP contribution in [0.2, 0.25) is 0 Å². The number of nitrogens with zero attached hydrogens (tertiary/aromatic N) is 1. The van der Waals surface area contributed by atoms with Crippen molar-refractivity contribution >= 4 is 27.3 Å². The molecule has 1 aromatic carbocycles. The maximum Gasteiger partial charge on any atom is 0.0991 e. The summed E-state index contributed by atoms with van der Waals surface area (Å²) in [5.41, 5.74) is 0.495. The molecule has 2 aromatic rings. The van der Waals surface area contributed by atoms with Crippen LogP contribution >= 0.6 is 27.3 Å². The summed E-state index contributed by atoms with van der Waals surface area (Å²) in [7, 11) is 0. The van der Waals surface area contributed by atoms with Crippen molar-refractivity contribution in [3.05, 3.63) is 56.2 Å². The standard InChI is InChI=1S/C14H12BrNOS/c1-14(17,8-13-12(15)6-7-18-13)11-4-2-10(9-16)3-5-11/h2-7,17H,8H2,1H3. The third-order valence-corrected chi connectivity index (χ3v) is 4.76. The van der Waals surface area contributed by atoms with Crippen molar-refractivity contribution in [3.8, 4) is 6.07 Å². The first kappa shape index (κ1) is 13.3. The molecule has 0 aliphatic carbocycles. The fraction of sp³-hybridized carbons (Fsp3) is 0.214. The van der Waals surface area contributed by atoms with Gasteiger partial charge in [0.05, 0.1) is 17.2 Å². The van der Waals surface area contributed by atoms with Crippen molar-refractivity contribution in [1.82, 2.24) is 0 Å². The van der Waals surface area contributed by atoms with Crippen molar-refractivity contribution in [3.63, 3.8) is 0 Å². The van der Waals surface area contributed by atoms with Gasteiger partial charge in [0, 0.05) is 15.8 Å². The molecule has 0 saturated carbocycles. The molecule has 18 heavy (non-hydrogen) atoms. The number of rotatable bonds is 3. The Labute approximate surface area is 119 Å². The van der Waals surface area contributed by atoms with Crippen molar-refractivity contribution in [2.45, 2.75) is 18.9 Å². The van der Waals surface area contributed by atoms with Crippen molar-refractivity contribution in [1.29, 1.82) is 5.26 Å². The molecule has 0 bridgehead atoms. The first-order valence-corrected chi connectivity index (χ1v) is 7.15. The van der Waals surface area contributed by atoms with Gasteiger partial charge in [-0.05, 0) is 52.0 Å². The van der Waals surface area contributed by atoms with Crippen molar-refractivity contribution < 1.29 is 5.11 Å². The van der Waals surface area contributed by atoms with Gasteiger partial charge in [-0.3, -0.25) is 0 Å². The van der Waals surface area contributed by atoms with Crippen LogP contribution in [0.5, 0.6) is 0 Å². The zero-order valence-electron chi connectivity index (χ0n) is 9.85. The summed E-state index contributed by atoms with van der Waals surface area (Å²) in [4.78, 5) is 1.12. The lowest BCUT2D eigenvalue weighted by molar-refractivity contribution is 0.0583. The van der Waals surface area contributed by atoms with E-state index in [-0.39, 0.29) is 0 Å². The lowest BCUT2D eigenvalue weighted by Gasteiger charge is -2.23. The highest BCUT2D eigenvalue weighted by molar-refractivity contribution is 9.10. The Hall–Kier alpha value is -1.15. The van der Waals surface area contributed by atoms with E-state index in [0.29, 0.717) is 12.0 Å². The van der Waals surface area contributed by atoms with Gasteiger partial charge in [0.25, 0.3) is 0 Å². The monoisotopic (exact) mass is 321 g/mol. The number of benzene rings is 1. The van der Waals surface area contributed by atoms with Crippen LogP contribution in [0, 0.1) is 11.3 Å². The zero-order valence-corrected chi connectivity index (χ0v) is 12.3. The predicted molar refractivity (Wildman–Crippen MR) is 76.5 cm³/mol. The summed E-state index contributed by atoms with van der Waals surface area (Å²) in [6, 6.07) is 11.1. The first-order chi connectivity index (χ1) is 8.53. The zero-order chi connectivity index (χ0) is 13.2. The van der Waals surface area contributed by atoms with E-state index < -0.39 is 5.60 Å². The summed E-state index contributed by atoms with van der Waals surface area (Å²) in [5.74, 6) is 0. The van der Waals surface area contributed by atoms with Crippen LogP contribution in [0.1, 0.15) is 22.9 Å². The molecule has 0 aliphatic rings. The van der Waals surface area contributed by atoms with Gasteiger partial charge in [-0.2, -0.15) is 5.26 Å². The van der Waals surface area contributed by atoms with E-state index in [1.165, 1.54) is 0 Å². The smallest absolute Gasteiger partial charge is 0.0991 e. The van der Waals surface area contributed by atoms with E-state index in [0.717, 1.165) is 14.9 Å². The molecule has 92 valence electrons. The Balaban J connectivity index is 2.25. The highest BCUT2D eigenvalue weighted by Gasteiger charge is 2.25. The number of nitriles is 1. The van der Waals surface area contributed by atoms with Crippen LogP contribution in [0.4, 0.5) is 0 Å². The third kappa shape index (κ3) is 2.81. The van der Waals surface area contributed by atoms with Crippen LogP contribution in [0.15, 0.2) is 40.2 Å². The Bertz CT molecular complexity index is 581. The normalized spacial score (nSPS) is 13.9.